The first-order valence-electron chi connectivity index (χ1n) is 45.3. The van der Waals surface area contributed by atoms with E-state index < -0.39 is 26.5 Å². The molecule has 9 nitrogen and oxygen atoms in total. The quantitative estimate of drug-likeness (QED) is 0.0211. The molecule has 0 bridgehead atoms. The monoisotopic (exact) mass is 1480 g/mol. The number of allylic oxidation sites excluding steroid dienone is 14. The molecule has 0 heterocycles. The Balaban J connectivity index is 3.85. The number of likely N-dealkylation sites (N-methyl/N-ethyl adjacent to an activating group) is 1. The average Bonchev–Trinajstić information content (AvgIpc) is 0.920. The third kappa shape index (κ3) is 88.1. The van der Waals surface area contributed by atoms with Crippen molar-refractivity contribution in [1.82, 2.24) is 0 Å². The summed E-state index contributed by atoms with van der Waals surface area (Å²) < 4.78 is 34.9. The number of phosphoric ester groups is 1. The highest BCUT2D eigenvalue weighted by Gasteiger charge is 2.27. The Morgan fingerprint density at radius 3 is 0.827 bits per heavy atom. The molecule has 0 saturated heterocycles. The van der Waals surface area contributed by atoms with Gasteiger partial charge in [-0.3, -0.25) is 18.6 Å². The minimum atomic E-state index is -4.40. The van der Waals surface area contributed by atoms with E-state index in [1.165, 1.54) is 347 Å². The van der Waals surface area contributed by atoms with E-state index in [1.54, 1.807) is 0 Å². The minimum Gasteiger partial charge on any atom is -0.462 e. The Morgan fingerprint density at radius 1 is 0.308 bits per heavy atom. The second kappa shape index (κ2) is 84.2. The number of quaternary nitrogens is 1. The first-order chi connectivity index (χ1) is 51.0. The summed E-state index contributed by atoms with van der Waals surface area (Å²) in [4.78, 5) is 36.1. The summed E-state index contributed by atoms with van der Waals surface area (Å²) in [6.07, 6.45) is 118. The second-order valence-electron chi connectivity index (χ2n) is 32.0. The van der Waals surface area contributed by atoms with Gasteiger partial charge in [-0.05, 0) is 89.9 Å². The maximum atomic E-state index is 13.0. The molecular weight excluding hydrogens is 1300 g/mol. The fourth-order valence-electron chi connectivity index (χ4n) is 13.6. The van der Waals surface area contributed by atoms with Crippen LogP contribution in [0.1, 0.15) is 450 Å². The number of esters is 2. The second-order valence-corrected chi connectivity index (χ2v) is 33.4. The molecule has 104 heavy (non-hydrogen) atoms. The molecule has 0 saturated carbocycles. The van der Waals surface area contributed by atoms with Crippen LogP contribution in [0, 0.1) is 0 Å². The van der Waals surface area contributed by atoms with Crippen LogP contribution in [0.4, 0.5) is 0 Å². The smallest absolute Gasteiger partial charge is 0.462 e. The first-order valence-corrected chi connectivity index (χ1v) is 46.8. The topological polar surface area (TPSA) is 108 Å². The third-order valence-corrected chi connectivity index (χ3v) is 21.4. The zero-order chi connectivity index (χ0) is 75.4. The molecule has 0 aliphatic rings. The van der Waals surface area contributed by atoms with Crippen molar-refractivity contribution >= 4 is 19.8 Å². The lowest BCUT2D eigenvalue weighted by Gasteiger charge is -2.24. The average molecular weight is 1480 g/mol. The largest absolute Gasteiger partial charge is 0.472 e. The molecule has 0 fully saturated rings. The Morgan fingerprint density at radius 2 is 0.548 bits per heavy atom. The SMILES string of the molecule is CC/C=C\C/C=C\C/C=C\C/C=C\C/C=C\C/C=C\CCCCCCCCCCCCCCCCCCCCCCCCC(=O)OC(COC(=O)CCCCCCCCCCCCCCCCCCCCCCCCCCCCC/C=C\CCCCCCCCCC)COP(=O)(O)OCC[N+](C)(C)C. The number of hydrogen-bond acceptors (Lipinski definition) is 7. The Hall–Kier alpha value is -2.81. The van der Waals surface area contributed by atoms with Crippen LogP contribution >= 0.6 is 7.82 Å². The molecule has 2 unspecified atom stereocenters. The van der Waals surface area contributed by atoms with Crippen molar-refractivity contribution < 1.29 is 42.1 Å². The highest BCUT2D eigenvalue weighted by atomic mass is 31.2. The van der Waals surface area contributed by atoms with Gasteiger partial charge in [0.1, 0.15) is 19.8 Å². The molecule has 0 aliphatic carbocycles. The Kier molecular flexibility index (Phi) is 81.9. The molecule has 0 amide bonds. The van der Waals surface area contributed by atoms with E-state index in [1.807, 2.05) is 21.1 Å². The molecule has 2 atom stereocenters. The van der Waals surface area contributed by atoms with Crippen LogP contribution in [0.3, 0.4) is 0 Å². The van der Waals surface area contributed by atoms with Gasteiger partial charge in [0.2, 0.25) is 0 Å². The fourth-order valence-corrected chi connectivity index (χ4v) is 14.3. The highest BCUT2D eigenvalue weighted by molar-refractivity contribution is 7.47. The summed E-state index contributed by atoms with van der Waals surface area (Å²) in [5, 5.41) is 0. The van der Waals surface area contributed by atoms with Gasteiger partial charge in [-0.2, -0.15) is 0 Å². The van der Waals surface area contributed by atoms with Gasteiger partial charge in [0.05, 0.1) is 27.7 Å². The van der Waals surface area contributed by atoms with E-state index in [2.05, 4.69) is 98.9 Å². The normalized spacial score (nSPS) is 13.3. The number of nitrogens with zero attached hydrogens (tertiary/aromatic N) is 1. The van der Waals surface area contributed by atoms with E-state index in [-0.39, 0.29) is 25.6 Å². The third-order valence-electron chi connectivity index (χ3n) is 20.4. The van der Waals surface area contributed by atoms with Gasteiger partial charge in [0.15, 0.2) is 6.10 Å². The van der Waals surface area contributed by atoms with Crippen LogP contribution in [0.25, 0.3) is 0 Å². The summed E-state index contributed by atoms with van der Waals surface area (Å²) in [5.74, 6) is -0.772. The number of phosphoric acid groups is 1. The van der Waals surface area contributed by atoms with Gasteiger partial charge in [0.25, 0.3) is 0 Å². The Labute approximate surface area is 647 Å². The van der Waals surface area contributed by atoms with Gasteiger partial charge < -0.3 is 18.9 Å². The molecule has 608 valence electrons. The number of rotatable bonds is 85. The van der Waals surface area contributed by atoms with Crippen molar-refractivity contribution in [3.63, 3.8) is 0 Å². The summed E-state index contributed by atoms with van der Waals surface area (Å²) >= 11 is 0. The van der Waals surface area contributed by atoms with E-state index >= 15 is 0 Å². The van der Waals surface area contributed by atoms with E-state index in [4.69, 9.17) is 18.5 Å². The molecule has 10 heteroatoms. The Bertz CT molecular complexity index is 2040. The van der Waals surface area contributed by atoms with Crippen molar-refractivity contribution in [2.45, 2.75) is 457 Å². The number of unbranched alkanes of at least 4 members (excludes halogenated alkanes) is 57. The van der Waals surface area contributed by atoms with E-state index in [0.29, 0.717) is 23.9 Å². The number of carbonyl (C=O) groups excluding carboxylic acids is 2. The predicted molar refractivity (Wildman–Crippen MR) is 455 cm³/mol. The standard InChI is InChI=1S/C94H174NO8P/c1-6-8-10-12-14-16-18-20-22-24-26-28-30-32-34-36-38-40-42-44-46-47-49-51-53-55-57-59-61-63-65-67-69-71-73-75-77-79-81-83-85-87-94(97)103-92(91-102-104(98,99)101-89-88-95(3,4)5)90-100-93(96)86-84-82-80-78-76-74-72-70-68-66-64-62-60-58-56-54-52-50-48-45-43-41-39-37-35-33-31-29-27-25-23-21-19-17-15-13-11-9-7-2/h8,10,14,16,20,22,25-28,32,34,38,40,92H,6-7,9,11-13,15,17-19,21,23-24,29-31,33,35-37,39,41-91H2,1-5H3/p+1/b10-8-,16-14-,22-20-,27-25-,28-26-,34-32-,40-38-. The molecule has 1 N–H and O–H groups in total. The van der Waals surface area contributed by atoms with Crippen LogP contribution in [0.5, 0.6) is 0 Å². The highest BCUT2D eigenvalue weighted by Crippen LogP contribution is 2.43. The lowest BCUT2D eigenvalue weighted by atomic mass is 10.0. The summed E-state index contributed by atoms with van der Waals surface area (Å²) in [6, 6.07) is 0. The summed E-state index contributed by atoms with van der Waals surface area (Å²) in [7, 11) is 1.50. The van der Waals surface area contributed by atoms with Crippen LogP contribution in [-0.2, 0) is 32.7 Å². The van der Waals surface area contributed by atoms with E-state index in [0.717, 1.165) is 70.6 Å². The zero-order valence-corrected chi connectivity index (χ0v) is 70.7. The van der Waals surface area contributed by atoms with Crippen molar-refractivity contribution in [2.24, 2.45) is 0 Å². The van der Waals surface area contributed by atoms with E-state index in [9.17, 15) is 19.0 Å². The lowest BCUT2D eigenvalue weighted by molar-refractivity contribution is -0.870. The predicted octanol–water partition coefficient (Wildman–Crippen LogP) is 30.7. The maximum Gasteiger partial charge on any atom is 0.472 e. The van der Waals surface area contributed by atoms with Crippen molar-refractivity contribution in [3.8, 4) is 0 Å². The molecule has 0 aliphatic heterocycles. The number of ether oxygens (including phenoxy) is 2. The van der Waals surface area contributed by atoms with Gasteiger partial charge >= 0.3 is 19.8 Å². The molecular formula is C94H175NO8P+. The van der Waals surface area contributed by atoms with Gasteiger partial charge in [0, 0.05) is 12.8 Å². The van der Waals surface area contributed by atoms with Crippen LogP contribution in [0.2, 0.25) is 0 Å². The van der Waals surface area contributed by atoms with Crippen molar-refractivity contribution in [3.05, 3.63) is 85.1 Å². The number of hydrogen-bond donors (Lipinski definition) is 1. The molecule has 0 aromatic carbocycles. The van der Waals surface area contributed by atoms with Crippen molar-refractivity contribution in [1.29, 1.82) is 0 Å². The van der Waals surface area contributed by atoms with Crippen LogP contribution in [-0.4, -0.2) is 74.9 Å². The zero-order valence-electron chi connectivity index (χ0n) is 69.8. The lowest BCUT2D eigenvalue weighted by Crippen LogP contribution is -2.37. The van der Waals surface area contributed by atoms with Crippen LogP contribution in [0.15, 0.2) is 85.1 Å². The van der Waals surface area contributed by atoms with Crippen molar-refractivity contribution in [2.75, 3.05) is 47.5 Å². The summed E-state index contributed by atoms with van der Waals surface area (Å²) in [5.41, 5.74) is 0. The van der Waals surface area contributed by atoms with Gasteiger partial charge in [-0.1, -0.05) is 433 Å². The first kappa shape index (κ1) is 101. The van der Waals surface area contributed by atoms with Crippen LogP contribution < -0.4 is 0 Å². The van der Waals surface area contributed by atoms with Gasteiger partial charge in [-0.25, -0.2) is 4.57 Å². The molecule has 0 spiro atoms. The molecule has 0 aromatic rings. The summed E-state index contributed by atoms with van der Waals surface area (Å²) in [6.45, 7) is 4.39. The number of carbonyl (C=O) groups is 2. The van der Waals surface area contributed by atoms with Gasteiger partial charge in [-0.15, -0.1) is 0 Å². The fraction of sp³-hybridized carbons (Fsp3) is 0.830. The molecule has 0 aromatic heterocycles. The molecule has 0 radical (unpaired) electrons. The minimum absolute atomic E-state index is 0.0336. The molecule has 0 rings (SSSR count). The maximum absolute atomic E-state index is 13.0.